The van der Waals surface area contributed by atoms with Crippen molar-refractivity contribution in [3.05, 3.63) is 12.4 Å². The van der Waals surface area contributed by atoms with Crippen LogP contribution in [0, 0.1) is 0 Å². The SMILES string of the molecule is CN=C(NCC(C)(C)NS(C)(=O)=O)NC1CCCN(c2cnn(C)c2)C1.I. The van der Waals surface area contributed by atoms with E-state index in [1.807, 2.05) is 38.0 Å². The van der Waals surface area contributed by atoms with E-state index in [0.717, 1.165) is 37.9 Å². The fourth-order valence-electron chi connectivity index (χ4n) is 3.13. The van der Waals surface area contributed by atoms with Crippen LogP contribution in [0.4, 0.5) is 5.69 Å². The monoisotopic (exact) mass is 513 g/mol. The minimum atomic E-state index is -3.26. The molecule has 0 bridgehead atoms. The lowest BCUT2D eigenvalue weighted by Crippen LogP contribution is -2.56. The fraction of sp³-hybridized carbons (Fsp3) is 0.750. The van der Waals surface area contributed by atoms with Crippen LogP contribution >= 0.6 is 24.0 Å². The van der Waals surface area contributed by atoms with Crippen molar-refractivity contribution < 1.29 is 8.42 Å². The third-order valence-corrected chi connectivity index (χ3v) is 5.13. The topological polar surface area (TPSA) is 104 Å². The molecule has 1 aromatic heterocycles. The predicted molar refractivity (Wildman–Crippen MR) is 120 cm³/mol. The van der Waals surface area contributed by atoms with Gasteiger partial charge < -0.3 is 15.5 Å². The Balaban J connectivity index is 0.00000364. The summed E-state index contributed by atoms with van der Waals surface area (Å²) in [5.74, 6) is 0.673. The molecule has 1 unspecified atom stereocenters. The maximum absolute atomic E-state index is 11.5. The molecule has 0 spiro atoms. The van der Waals surface area contributed by atoms with Gasteiger partial charge in [-0.15, -0.1) is 24.0 Å². The molecular weight excluding hydrogens is 481 g/mol. The zero-order valence-electron chi connectivity index (χ0n) is 16.7. The lowest BCUT2D eigenvalue weighted by molar-refractivity contribution is 0.436. The van der Waals surface area contributed by atoms with E-state index in [2.05, 4.69) is 30.3 Å². The van der Waals surface area contributed by atoms with Gasteiger partial charge in [-0.1, -0.05) is 0 Å². The zero-order valence-corrected chi connectivity index (χ0v) is 19.8. The van der Waals surface area contributed by atoms with Crippen LogP contribution in [0.25, 0.3) is 0 Å². The van der Waals surface area contributed by atoms with Crippen LogP contribution in [0.2, 0.25) is 0 Å². The Morgan fingerprint density at radius 3 is 2.70 bits per heavy atom. The average Bonchev–Trinajstić information content (AvgIpc) is 2.96. The maximum atomic E-state index is 11.5. The first-order valence-corrected chi connectivity index (χ1v) is 10.7. The average molecular weight is 513 g/mol. The summed E-state index contributed by atoms with van der Waals surface area (Å²) in [4.78, 5) is 6.58. The molecule has 0 radical (unpaired) electrons. The lowest BCUT2D eigenvalue weighted by atomic mass is 10.1. The van der Waals surface area contributed by atoms with E-state index in [4.69, 9.17) is 0 Å². The van der Waals surface area contributed by atoms with E-state index in [9.17, 15) is 8.42 Å². The number of sulfonamides is 1. The van der Waals surface area contributed by atoms with Crippen LogP contribution in [0.1, 0.15) is 26.7 Å². The summed E-state index contributed by atoms with van der Waals surface area (Å²) >= 11 is 0. The number of anilines is 1. The van der Waals surface area contributed by atoms with Crippen molar-refractivity contribution in [2.45, 2.75) is 38.3 Å². The highest BCUT2D eigenvalue weighted by Crippen LogP contribution is 2.18. The van der Waals surface area contributed by atoms with Crippen molar-refractivity contribution in [2.75, 3.05) is 37.8 Å². The minimum absolute atomic E-state index is 0. The number of aliphatic imine (C=N–C) groups is 1. The number of nitrogens with zero attached hydrogens (tertiary/aromatic N) is 4. The van der Waals surface area contributed by atoms with Gasteiger partial charge in [0.25, 0.3) is 0 Å². The smallest absolute Gasteiger partial charge is 0.209 e. The summed E-state index contributed by atoms with van der Waals surface area (Å²) in [6, 6.07) is 0.265. The molecule has 0 amide bonds. The maximum Gasteiger partial charge on any atom is 0.209 e. The van der Waals surface area contributed by atoms with E-state index in [0.29, 0.717) is 12.5 Å². The number of aromatic nitrogens is 2. The minimum Gasteiger partial charge on any atom is -0.367 e. The molecule has 1 saturated heterocycles. The number of guanidine groups is 1. The fourth-order valence-corrected chi connectivity index (χ4v) is 4.21. The molecule has 2 rings (SSSR count). The molecule has 27 heavy (non-hydrogen) atoms. The Hall–Kier alpha value is -1.08. The molecule has 156 valence electrons. The number of nitrogens with one attached hydrogen (secondary N) is 3. The molecule has 9 nitrogen and oxygen atoms in total. The van der Waals surface area contributed by atoms with E-state index >= 15 is 0 Å². The first kappa shape index (κ1) is 24.0. The van der Waals surface area contributed by atoms with Crippen molar-refractivity contribution in [3.63, 3.8) is 0 Å². The van der Waals surface area contributed by atoms with Gasteiger partial charge in [0.15, 0.2) is 5.96 Å². The van der Waals surface area contributed by atoms with Gasteiger partial charge in [-0.25, -0.2) is 13.1 Å². The number of halogens is 1. The van der Waals surface area contributed by atoms with Crippen LogP contribution in [0.3, 0.4) is 0 Å². The lowest BCUT2D eigenvalue weighted by Gasteiger charge is -2.35. The van der Waals surface area contributed by atoms with Crippen molar-refractivity contribution in [1.82, 2.24) is 25.1 Å². The van der Waals surface area contributed by atoms with Gasteiger partial charge in [0.2, 0.25) is 10.0 Å². The van der Waals surface area contributed by atoms with Crippen molar-refractivity contribution in [2.24, 2.45) is 12.0 Å². The number of rotatable bonds is 6. The summed E-state index contributed by atoms with van der Waals surface area (Å²) in [5.41, 5.74) is 0.514. The predicted octanol–water partition coefficient (Wildman–Crippen LogP) is 0.500. The number of hydrogen-bond acceptors (Lipinski definition) is 5. The molecule has 1 fully saturated rings. The van der Waals surface area contributed by atoms with E-state index < -0.39 is 15.6 Å². The van der Waals surface area contributed by atoms with Gasteiger partial charge in [-0.3, -0.25) is 9.67 Å². The first-order chi connectivity index (χ1) is 12.1. The summed E-state index contributed by atoms with van der Waals surface area (Å²) in [7, 11) is 0.370. The molecule has 1 aromatic rings. The number of hydrogen-bond donors (Lipinski definition) is 3. The Morgan fingerprint density at radius 1 is 1.44 bits per heavy atom. The van der Waals surface area contributed by atoms with Gasteiger partial charge in [0, 0.05) is 51.5 Å². The quantitative estimate of drug-likeness (QED) is 0.291. The molecule has 1 atom stereocenters. The van der Waals surface area contributed by atoms with Crippen molar-refractivity contribution >= 4 is 45.6 Å². The molecule has 2 heterocycles. The first-order valence-electron chi connectivity index (χ1n) is 8.78. The van der Waals surface area contributed by atoms with E-state index in [1.165, 1.54) is 0 Å². The summed E-state index contributed by atoms with van der Waals surface area (Å²) in [5, 5.41) is 10.9. The van der Waals surface area contributed by atoms with Crippen LogP contribution < -0.4 is 20.3 Å². The largest absolute Gasteiger partial charge is 0.367 e. The molecule has 3 N–H and O–H groups in total. The molecule has 0 saturated carbocycles. The summed E-state index contributed by atoms with van der Waals surface area (Å²) in [6.45, 7) is 5.98. The Labute approximate surface area is 179 Å². The highest BCUT2D eigenvalue weighted by molar-refractivity contribution is 14.0. The third kappa shape index (κ3) is 8.21. The molecule has 1 aliphatic rings. The molecule has 1 aliphatic heterocycles. The third-order valence-electron chi connectivity index (χ3n) is 4.20. The van der Waals surface area contributed by atoms with Crippen LogP contribution in [-0.4, -0.2) is 68.7 Å². The van der Waals surface area contributed by atoms with Gasteiger partial charge >= 0.3 is 0 Å². The normalized spacial score (nSPS) is 18.8. The second-order valence-electron chi connectivity index (χ2n) is 7.49. The Bertz CT molecular complexity index is 733. The van der Waals surface area contributed by atoms with Crippen molar-refractivity contribution in [3.8, 4) is 0 Å². The number of aryl methyl sites for hydroxylation is 1. The second-order valence-corrected chi connectivity index (χ2v) is 9.23. The van der Waals surface area contributed by atoms with Crippen molar-refractivity contribution in [1.29, 1.82) is 0 Å². The van der Waals surface area contributed by atoms with Gasteiger partial charge in [-0.2, -0.15) is 5.10 Å². The van der Waals surface area contributed by atoms with E-state index in [1.54, 1.807) is 7.05 Å². The zero-order chi connectivity index (χ0) is 19.4. The molecule has 0 aliphatic carbocycles. The van der Waals surface area contributed by atoms with Gasteiger partial charge in [0.05, 0.1) is 18.1 Å². The standard InChI is InChI=1S/C16H31N7O2S.HI/c1-16(2,21-26(5,24)25)12-18-15(17-3)20-13-7-6-8-23(10-13)14-9-19-22(4)11-14;/h9,11,13,21H,6-8,10,12H2,1-5H3,(H2,17,18,20);1H. The molecule has 0 aromatic carbocycles. The van der Waals surface area contributed by atoms with Crippen LogP contribution in [-0.2, 0) is 17.1 Å². The molecular formula is C16H32IN7O2S. The highest BCUT2D eigenvalue weighted by Gasteiger charge is 2.24. The summed E-state index contributed by atoms with van der Waals surface area (Å²) in [6.07, 6.45) is 7.22. The molecule has 11 heteroatoms. The summed E-state index contributed by atoms with van der Waals surface area (Å²) < 4.78 is 27.3. The van der Waals surface area contributed by atoms with Crippen LogP contribution in [0.5, 0.6) is 0 Å². The second kappa shape index (κ2) is 9.92. The van der Waals surface area contributed by atoms with Gasteiger partial charge in [0.1, 0.15) is 0 Å². The van der Waals surface area contributed by atoms with E-state index in [-0.39, 0.29) is 30.0 Å². The Morgan fingerprint density at radius 2 is 2.15 bits per heavy atom. The highest BCUT2D eigenvalue weighted by atomic mass is 127. The van der Waals surface area contributed by atoms with Gasteiger partial charge in [-0.05, 0) is 26.7 Å². The Kier molecular flexibility index (Phi) is 8.80. The van der Waals surface area contributed by atoms with Crippen LogP contribution in [0.15, 0.2) is 17.4 Å². The number of piperidine rings is 1.